The van der Waals surface area contributed by atoms with Gasteiger partial charge in [0.2, 0.25) is 0 Å². The summed E-state index contributed by atoms with van der Waals surface area (Å²) in [6.45, 7) is 6.08. The van der Waals surface area contributed by atoms with Crippen LogP contribution in [0.1, 0.15) is 37.3 Å². The van der Waals surface area contributed by atoms with E-state index in [0.717, 1.165) is 13.0 Å². The van der Waals surface area contributed by atoms with Crippen molar-refractivity contribution in [1.82, 2.24) is 5.32 Å². The Balaban J connectivity index is 2.31. The first-order valence-corrected chi connectivity index (χ1v) is 6.83. The summed E-state index contributed by atoms with van der Waals surface area (Å²) in [7, 11) is 0. The number of nitrogens with one attached hydrogen (secondary N) is 1. The lowest BCUT2D eigenvalue weighted by Crippen LogP contribution is -2.37. The Morgan fingerprint density at radius 2 is 1.94 bits per heavy atom. The molecule has 0 spiro atoms. The van der Waals surface area contributed by atoms with E-state index in [4.69, 9.17) is 10.8 Å². The van der Waals surface area contributed by atoms with E-state index in [1.54, 1.807) is 0 Å². The maximum Gasteiger partial charge on any atom is 0.0594 e. The third kappa shape index (κ3) is 5.17. The fourth-order valence-corrected chi connectivity index (χ4v) is 1.83. The summed E-state index contributed by atoms with van der Waals surface area (Å²) >= 11 is 0. The SMILES string of the molecule is CCC(C)c1ccc(CCNCC(N)CO)cc1. The summed E-state index contributed by atoms with van der Waals surface area (Å²) in [5, 5.41) is 12.0. The van der Waals surface area contributed by atoms with E-state index in [9.17, 15) is 0 Å². The number of benzene rings is 1. The first-order valence-electron chi connectivity index (χ1n) is 6.83. The highest BCUT2D eigenvalue weighted by atomic mass is 16.3. The average Bonchev–Trinajstić information content (AvgIpc) is 2.43. The minimum atomic E-state index is -0.155. The molecule has 0 saturated heterocycles. The molecule has 0 heterocycles. The van der Waals surface area contributed by atoms with Gasteiger partial charge in [-0.2, -0.15) is 0 Å². The molecule has 0 fully saturated rings. The second kappa shape index (κ2) is 8.25. The van der Waals surface area contributed by atoms with E-state index in [1.165, 1.54) is 17.5 Å². The quantitative estimate of drug-likeness (QED) is 0.615. The van der Waals surface area contributed by atoms with Crippen LogP contribution in [0.5, 0.6) is 0 Å². The van der Waals surface area contributed by atoms with E-state index < -0.39 is 0 Å². The molecule has 2 atom stereocenters. The Bertz CT molecular complexity index is 324. The van der Waals surface area contributed by atoms with Crippen LogP contribution >= 0.6 is 0 Å². The molecule has 0 aliphatic carbocycles. The van der Waals surface area contributed by atoms with Gasteiger partial charge in [0.15, 0.2) is 0 Å². The van der Waals surface area contributed by atoms with Crippen molar-refractivity contribution >= 4 is 0 Å². The third-order valence-electron chi connectivity index (χ3n) is 3.39. The van der Waals surface area contributed by atoms with Crippen molar-refractivity contribution < 1.29 is 5.11 Å². The Morgan fingerprint density at radius 1 is 1.28 bits per heavy atom. The van der Waals surface area contributed by atoms with Crippen molar-refractivity contribution in [3.63, 3.8) is 0 Å². The van der Waals surface area contributed by atoms with Crippen molar-refractivity contribution in [2.75, 3.05) is 19.7 Å². The monoisotopic (exact) mass is 250 g/mol. The summed E-state index contributed by atoms with van der Waals surface area (Å²) in [6.07, 6.45) is 2.18. The fraction of sp³-hybridized carbons (Fsp3) is 0.600. The molecular formula is C15H26N2O. The van der Waals surface area contributed by atoms with Crippen LogP contribution in [0.15, 0.2) is 24.3 Å². The minimum absolute atomic E-state index is 0.0383. The van der Waals surface area contributed by atoms with Gasteiger partial charge >= 0.3 is 0 Å². The molecule has 0 bridgehead atoms. The normalized spacial score (nSPS) is 14.4. The molecule has 2 unspecified atom stereocenters. The summed E-state index contributed by atoms with van der Waals surface area (Å²) in [5.41, 5.74) is 8.36. The Hall–Kier alpha value is -0.900. The average molecular weight is 250 g/mol. The Morgan fingerprint density at radius 3 is 2.50 bits per heavy atom. The van der Waals surface area contributed by atoms with Crippen LogP contribution < -0.4 is 11.1 Å². The molecule has 3 heteroatoms. The lowest BCUT2D eigenvalue weighted by molar-refractivity contribution is 0.262. The van der Waals surface area contributed by atoms with Gasteiger partial charge in [0.05, 0.1) is 6.61 Å². The molecule has 0 aliphatic rings. The zero-order valence-corrected chi connectivity index (χ0v) is 11.5. The van der Waals surface area contributed by atoms with Crippen molar-refractivity contribution in [2.45, 2.75) is 38.6 Å². The minimum Gasteiger partial charge on any atom is -0.395 e. The van der Waals surface area contributed by atoms with Crippen LogP contribution in [-0.4, -0.2) is 30.8 Å². The van der Waals surface area contributed by atoms with Crippen LogP contribution in [0.3, 0.4) is 0 Å². The molecule has 0 aromatic heterocycles. The van der Waals surface area contributed by atoms with Gasteiger partial charge in [-0.15, -0.1) is 0 Å². The number of aliphatic hydroxyl groups is 1. The summed E-state index contributed by atoms with van der Waals surface area (Å²) < 4.78 is 0. The van der Waals surface area contributed by atoms with Crippen LogP contribution in [0.4, 0.5) is 0 Å². The van der Waals surface area contributed by atoms with E-state index >= 15 is 0 Å². The van der Waals surface area contributed by atoms with Gasteiger partial charge in [-0.1, -0.05) is 38.1 Å². The molecule has 18 heavy (non-hydrogen) atoms. The van der Waals surface area contributed by atoms with Crippen molar-refractivity contribution in [2.24, 2.45) is 5.73 Å². The molecule has 0 amide bonds. The molecular weight excluding hydrogens is 224 g/mol. The lowest BCUT2D eigenvalue weighted by Gasteiger charge is -2.11. The standard InChI is InChI=1S/C15H26N2O/c1-3-12(2)14-6-4-13(5-7-14)8-9-17-10-15(16)11-18/h4-7,12,15,17-18H,3,8-11,16H2,1-2H3. The van der Waals surface area contributed by atoms with E-state index in [2.05, 4.69) is 43.4 Å². The summed E-state index contributed by atoms with van der Waals surface area (Å²) in [5.74, 6) is 0.639. The van der Waals surface area contributed by atoms with Crippen LogP contribution in [0, 0.1) is 0 Å². The van der Waals surface area contributed by atoms with Crippen LogP contribution in [0.2, 0.25) is 0 Å². The summed E-state index contributed by atoms with van der Waals surface area (Å²) in [6, 6.07) is 8.70. The fourth-order valence-electron chi connectivity index (χ4n) is 1.83. The Labute approximate surface area is 110 Å². The number of nitrogens with two attached hydrogens (primary N) is 1. The molecule has 0 aliphatic heterocycles. The van der Waals surface area contributed by atoms with Gasteiger partial charge in [-0.25, -0.2) is 0 Å². The van der Waals surface area contributed by atoms with Gasteiger partial charge in [0.1, 0.15) is 0 Å². The van der Waals surface area contributed by atoms with Gasteiger partial charge < -0.3 is 16.2 Å². The maximum atomic E-state index is 8.79. The second-order valence-corrected chi connectivity index (χ2v) is 4.95. The van der Waals surface area contributed by atoms with Crippen LogP contribution in [-0.2, 0) is 6.42 Å². The highest BCUT2D eigenvalue weighted by Crippen LogP contribution is 2.18. The number of aliphatic hydroxyl groups excluding tert-OH is 1. The first-order chi connectivity index (χ1) is 8.67. The second-order valence-electron chi connectivity index (χ2n) is 4.95. The number of hydrogen-bond donors (Lipinski definition) is 3. The molecule has 1 aromatic rings. The molecule has 4 N–H and O–H groups in total. The molecule has 102 valence electrons. The van der Waals surface area contributed by atoms with Gasteiger partial charge in [-0.05, 0) is 36.4 Å². The highest BCUT2D eigenvalue weighted by molar-refractivity contribution is 5.25. The number of rotatable bonds is 8. The largest absolute Gasteiger partial charge is 0.395 e. The van der Waals surface area contributed by atoms with E-state index in [1.807, 2.05) is 0 Å². The molecule has 0 saturated carbocycles. The smallest absolute Gasteiger partial charge is 0.0594 e. The van der Waals surface area contributed by atoms with Gasteiger partial charge in [0.25, 0.3) is 0 Å². The molecule has 3 nitrogen and oxygen atoms in total. The number of hydrogen-bond acceptors (Lipinski definition) is 3. The summed E-state index contributed by atoms with van der Waals surface area (Å²) in [4.78, 5) is 0. The molecule has 0 radical (unpaired) electrons. The topological polar surface area (TPSA) is 58.3 Å². The maximum absolute atomic E-state index is 8.79. The first kappa shape index (κ1) is 15.2. The zero-order valence-electron chi connectivity index (χ0n) is 11.5. The zero-order chi connectivity index (χ0) is 13.4. The van der Waals surface area contributed by atoms with Crippen molar-refractivity contribution in [3.8, 4) is 0 Å². The lowest BCUT2D eigenvalue weighted by atomic mass is 9.97. The predicted molar refractivity (Wildman–Crippen MR) is 76.8 cm³/mol. The predicted octanol–water partition coefficient (Wildman–Crippen LogP) is 1.65. The van der Waals surface area contributed by atoms with Crippen molar-refractivity contribution in [3.05, 3.63) is 35.4 Å². The Kier molecular flexibility index (Phi) is 6.94. The van der Waals surface area contributed by atoms with Gasteiger partial charge in [-0.3, -0.25) is 0 Å². The highest BCUT2D eigenvalue weighted by Gasteiger charge is 2.02. The van der Waals surface area contributed by atoms with Gasteiger partial charge in [0, 0.05) is 12.6 Å². The third-order valence-corrected chi connectivity index (χ3v) is 3.39. The van der Waals surface area contributed by atoms with Crippen LogP contribution in [0.25, 0.3) is 0 Å². The van der Waals surface area contributed by atoms with E-state index in [0.29, 0.717) is 12.5 Å². The molecule has 1 rings (SSSR count). The molecule has 1 aromatic carbocycles. The van der Waals surface area contributed by atoms with E-state index in [-0.39, 0.29) is 12.6 Å². The van der Waals surface area contributed by atoms with Crippen molar-refractivity contribution in [1.29, 1.82) is 0 Å².